The fourth-order valence-electron chi connectivity index (χ4n) is 4.96. The topological polar surface area (TPSA) is 0 Å². The number of hydrogen-bond acceptors (Lipinski definition) is 0. The van der Waals surface area contributed by atoms with Gasteiger partial charge in [0.05, 0.1) is 0 Å². The monoisotopic (exact) mass is 516 g/mol. The summed E-state index contributed by atoms with van der Waals surface area (Å²) in [5.74, 6) is 0.507. The van der Waals surface area contributed by atoms with Crippen molar-refractivity contribution in [3.8, 4) is 11.1 Å². The number of rotatable bonds is 5. The molecule has 0 aromatic heterocycles. The van der Waals surface area contributed by atoms with Crippen LogP contribution >= 0.6 is 0 Å². The molecule has 3 aromatic carbocycles. The van der Waals surface area contributed by atoms with Gasteiger partial charge in [-0.3, -0.25) is 0 Å². The van der Waals surface area contributed by atoms with Gasteiger partial charge in [0.2, 0.25) is 0 Å². The molecule has 0 aliphatic heterocycles. The molecule has 0 radical (unpaired) electrons. The standard InChI is InChI=1S/C31H28.2C4H10/c1-3-23-10-4-5-11-25(18-23)31-20-24(17-16-22(31)2)19-27-21-26-12-6-7-13-28(26)30-15-9-8-14-29(27)30;2*1-3-4-2/h3-18,20,27H,19,21H2,1-2H3;2*3-4H2,1-2H3/b23-3+;;. The molecule has 0 bridgehead atoms. The van der Waals surface area contributed by atoms with Crippen LogP contribution < -0.4 is 0 Å². The molecule has 0 saturated carbocycles. The summed E-state index contributed by atoms with van der Waals surface area (Å²) in [7, 11) is 0. The van der Waals surface area contributed by atoms with Crippen molar-refractivity contribution in [3.63, 3.8) is 0 Å². The van der Waals surface area contributed by atoms with Gasteiger partial charge in [-0.05, 0) is 88.8 Å². The van der Waals surface area contributed by atoms with Crippen LogP contribution in [-0.4, -0.2) is 0 Å². The normalized spacial score (nSPS) is 16.1. The van der Waals surface area contributed by atoms with Crippen LogP contribution in [-0.2, 0) is 12.8 Å². The maximum atomic E-state index is 2.41. The lowest BCUT2D eigenvalue weighted by Gasteiger charge is -2.28. The van der Waals surface area contributed by atoms with E-state index in [-0.39, 0.29) is 0 Å². The highest BCUT2D eigenvalue weighted by atomic mass is 14.3. The van der Waals surface area contributed by atoms with Gasteiger partial charge in [-0.1, -0.05) is 150 Å². The zero-order valence-electron chi connectivity index (χ0n) is 25.1. The summed E-state index contributed by atoms with van der Waals surface area (Å²) < 4.78 is 0. The second-order valence-corrected chi connectivity index (χ2v) is 10.6. The van der Waals surface area contributed by atoms with Crippen molar-refractivity contribution in [2.75, 3.05) is 0 Å². The summed E-state index contributed by atoms with van der Waals surface area (Å²) in [6, 6.07) is 24.9. The van der Waals surface area contributed by atoms with Gasteiger partial charge < -0.3 is 0 Å². The molecule has 3 aromatic rings. The number of allylic oxidation sites excluding steroid dienone is 8. The van der Waals surface area contributed by atoms with Crippen molar-refractivity contribution >= 4 is 5.57 Å². The summed E-state index contributed by atoms with van der Waals surface area (Å²) in [4.78, 5) is 0. The van der Waals surface area contributed by atoms with Crippen molar-refractivity contribution in [1.29, 1.82) is 0 Å². The van der Waals surface area contributed by atoms with E-state index in [1.807, 2.05) is 0 Å². The molecule has 5 rings (SSSR count). The molecule has 0 nitrogen and oxygen atoms in total. The van der Waals surface area contributed by atoms with Gasteiger partial charge in [0, 0.05) is 0 Å². The van der Waals surface area contributed by atoms with Crippen LogP contribution in [0.4, 0.5) is 0 Å². The van der Waals surface area contributed by atoms with E-state index in [1.54, 1.807) is 0 Å². The number of fused-ring (bicyclic) bond motifs is 3. The van der Waals surface area contributed by atoms with Gasteiger partial charge in [-0.15, -0.1) is 0 Å². The number of unbranched alkanes of at least 4 members (excludes halogenated alkanes) is 2. The van der Waals surface area contributed by atoms with Gasteiger partial charge in [-0.2, -0.15) is 0 Å². The van der Waals surface area contributed by atoms with E-state index >= 15 is 0 Å². The minimum atomic E-state index is 0.507. The second kappa shape index (κ2) is 15.9. The minimum Gasteiger partial charge on any atom is -0.0804 e. The molecule has 1 unspecified atom stereocenters. The quantitative estimate of drug-likeness (QED) is 0.316. The Hall–Kier alpha value is -3.38. The first kappa shape index (κ1) is 30.2. The predicted molar refractivity (Wildman–Crippen MR) is 174 cm³/mol. The third-order valence-corrected chi connectivity index (χ3v) is 7.60. The van der Waals surface area contributed by atoms with Crippen LogP contribution in [0, 0.1) is 6.92 Å². The van der Waals surface area contributed by atoms with E-state index in [0.717, 1.165) is 12.8 Å². The van der Waals surface area contributed by atoms with Crippen LogP contribution in [0.25, 0.3) is 16.7 Å². The van der Waals surface area contributed by atoms with Crippen LogP contribution in [0.2, 0.25) is 0 Å². The molecule has 0 fully saturated rings. The second-order valence-electron chi connectivity index (χ2n) is 10.6. The van der Waals surface area contributed by atoms with Crippen LogP contribution in [0.5, 0.6) is 0 Å². The van der Waals surface area contributed by atoms with Crippen molar-refractivity contribution in [2.45, 2.75) is 86.0 Å². The molecule has 39 heavy (non-hydrogen) atoms. The third kappa shape index (κ3) is 8.30. The highest BCUT2D eigenvalue weighted by Gasteiger charge is 2.24. The van der Waals surface area contributed by atoms with Crippen LogP contribution in [0.3, 0.4) is 0 Å². The van der Waals surface area contributed by atoms with E-state index in [9.17, 15) is 0 Å². The van der Waals surface area contributed by atoms with E-state index in [2.05, 4.69) is 145 Å². The lowest BCUT2D eigenvalue weighted by atomic mass is 9.76. The zero-order chi connectivity index (χ0) is 28.0. The average molecular weight is 517 g/mol. The molecule has 0 amide bonds. The van der Waals surface area contributed by atoms with Crippen LogP contribution in [0.1, 0.15) is 94.0 Å². The highest BCUT2D eigenvalue weighted by molar-refractivity contribution is 5.80. The number of benzene rings is 3. The molecule has 2 aliphatic rings. The van der Waals surface area contributed by atoms with Gasteiger partial charge in [-0.25, -0.2) is 0 Å². The Morgan fingerprint density at radius 2 is 1.36 bits per heavy atom. The molecule has 0 spiro atoms. The van der Waals surface area contributed by atoms with E-state index in [1.165, 1.54) is 75.8 Å². The summed E-state index contributed by atoms with van der Waals surface area (Å²) in [6.45, 7) is 13.0. The average Bonchev–Trinajstić information content (AvgIpc) is 3.24. The fourth-order valence-corrected chi connectivity index (χ4v) is 4.96. The Morgan fingerprint density at radius 3 is 2.05 bits per heavy atom. The Labute approximate surface area is 238 Å². The van der Waals surface area contributed by atoms with E-state index < -0.39 is 0 Å². The first-order chi connectivity index (χ1) is 19.1. The maximum Gasteiger partial charge on any atom is -0.00747 e. The third-order valence-electron chi connectivity index (χ3n) is 7.60. The molecule has 1 atom stereocenters. The molecule has 2 aliphatic carbocycles. The molecular weight excluding hydrogens is 468 g/mol. The SMILES string of the molecule is C/C=C1\C=CC=CC(c2cc(CC3Cc4ccccc4-c4ccccc43)ccc2C)=C1.CCCC.CCCC. The van der Waals surface area contributed by atoms with Gasteiger partial charge in [0.15, 0.2) is 0 Å². The molecule has 0 heterocycles. The predicted octanol–water partition coefficient (Wildman–Crippen LogP) is 11.6. The van der Waals surface area contributed by atoms with Crippen molar-refractivity contribution in [1.82, 2.24) is 0 Å². The van der Waals surface area contributed by atoms with Crippen molar-refractivity contribution < 1.29 is 0 Å². The lowest BCUT2D eigenvalue weighted by molar-refractivity contribution is 0.672. The van der Waals surface area contributed by atoms with E-state index in [0.29, 0.717) is 5.92 Å². The molecule has 0 saturated heterocycles. The molecule has 0 heteroatoms. The summed E-state index contributed by atoms with van der Waals surface area (Å²) in [5.41, 5.74) is 12.4. The first-order valence-corrected chi connectivity index (χ1v) is 15.1. The minimum absolute atomic E-state index is 0.507. The largest absolute Gasteiger partial charge is 0.0804 e. The maximum absolute atomic E-state index is 2.41. The highest BCUT2D eigenvalue weighted by Crippen LogP contribution is 2.41. The first-order valence-electron chi connectivity index (χ1n) is 15.1. The van der Waals surface area contributed by atoms with Crippen LogP contribution in [0.15, 0.2) is 109 Å². The van der Waals surface area contributed by atoms with Crippen molar-refractivity contribution in [2.24, 2.45) is 0 Å². The Balaban J connectivity index is 0.000000466. The Kier molecular flexibility index (Phi) is 12.3. The number of hydrogen-bond donors (Lipinski definition) is 0. The Morgan fingerprint density at radius 1 is 0.718 bits per heavy atom. The molecular formula is C39H48. The van der Waals surface area contributed by atoms with Gasteiger partial charge in [0.25, 0.3) is 0 Å². The molecule has 204 valence electrons. The Bertz CT molecular complexity index is 1300. The van der Waals surface area contributed by atoms with Gasteiger partial charge >= 0.3 is 0 Å². The lowest BCUT2D eigenvalue weighted by Crippen LogP contribution is -2.13. The smallest absolute Gasteiger partial charge is 0.00747 e. The summed E-state index contributed by atoms with van der Waals surface area (Å²) >= 11 is 0. The van der Waals surface area contributed by atoms with E-state index in [4.69, 9.17) is 0 Å². The summed E-state index contributed by atoms with van der Waals surface area (Å²) in [5, 5.41) is 0. The fraction of sp³-hybridized carbons (Fsp3) is 0.333. The zero-order valence-corrected chi connectivity index (χ0v) is 25.1. The van der Waals surface area contributed by atoms with Crippen molar-refractivity contribution in [3.05, 3.63) is 137 Å². The summed E-state index contributed by atoms with van der Waals surface area (Å²) in [6.07, 6.45) is 20.6. The molecule has 0 N–H and O–H groups in total. The van der Waals surface area contributed by atoms with Gasteiger partial charge in [0.1, 0.15) is 0 Å². The number of aryl methyl sites for hydroxylation is 1.